The van der Waals surface area contributed by atoms with Crippen LogP contribution in [0.5, 0.6) is 5.75 Å². The first-order chi connectivity index (χ1) is 11.7. The third kappa shape index (κ3) is 2.95. The molecule has 0 heterocycles. The van der Waals surface area contributed by atoms with Crippen molar-refractivity contribution in [1.29, 1.82) is 0 Å². The molecule has 0 radical (unpaired) electrons. The molecule has 5 rings (SSSR count). The zero-order valence-corrected chi connectivity index (χ0v) is 15.6. The molecule has 4 aliphatic carbocycles. The van der Waals surface area contributed by atoms with E-state index >= 15 is 0 Å². The molecular weight excluding hydrogens is 336 g/mol. The minimum Gasteiger partial charge on any atom is -0.506 e. The Hall–Kier alpha value is -1.55. The molecule has 0 aromatic heterocycles. The molecule has 1 amide bonds. The summed E-state index contributed by atoms with van der Waals surface area (Å²) in [7, 11) is 0. The number of amides is 1. The summed E-state index contributed by atoms with van der Waals surface area (Å²) in [6, 6.07) is 4.86. The Morgan fingerprint density at radius 1 is 1.24 bits per heavy atom. The molecule has 1 aromatic carbocycles. The molecule has 0 saturated heterocycles. The highest BCUT2D eigenvalue weighted by Gasteiger charge is 2.62. The number of aromatic hydroxyl groups is 1. The van der Waals surface area contributed by atoms with Crippen LogP contribution in [0, 0.1) is 22.2 Å². The first kappa shape index (κ1) is 16.9. The molecule has 25 heavy (non-hydrogen) atoms. The van der Waals surface area contributed by atoms with Gasteiger partial charge in [0.2, 0.25) is 5.91 Å². The van der Waals surface area contributed by atoms with Gasteiger partial charge in [0, 0.05) is 0 Å². The average molecular weight is 361 g/mol. The predicted molar refractivity (Wildman–Crippen MR) is 98.7 cm³/mol. The van der Waals surface area contributed by atoms with Crippen molar-refractivity contribution in [2.75, 3.05) is 0 Å². The Balaban J connectivity index is 1.49. The number of hydrazone groups is 1. The molecule has 5 heteroatoms. The highest BCUT2D eigenvalue weighted by molar-refractivity contribution is 6.32. The van der Waals surface area contributed by atoms with Crippen molar-refractivity contribution in [3.63, 3.8) is 0 Å². The lowest BCUT2D eigenvalue weighted by Gasteiger charge is -2.64. The summed E-state index contributed by atoms with van der Waals surface area (Å²) < 4.78 is 0. The highest BCUT2D eigenvalue weighted by Crippen LogP contribution is 2.69. The standard InChI is InChI=1S/C20H25ClN2O2/c1-18-6-14-7-19(2,10-18)12-20(8-14,11-18)17(25)23-22-9-13-3-4-16(24)15(21)5-13/h3-5,9,14,24H,6-8,10-12H2,1-2H3,(H,23,25)/b22-9+. The fourth-order valence-electron chi connectivity index (χ4n) is 6.59. The third-order valence-corrected chi connectivity index (χ3v) is 6.76. The molecule has 0 aliphatic heterocycles. The van der Waals surface area contributed by atoms with Crippen LogP contribution in [0.4, 0.5) is 0 Å². The van der Waals surface area contributed by atoms with Crippen molar-refractivity contribution in [1.82, 2.24) is 5.43 Å². The van der Waals surface area contributed by atoms with E-state index in [-0.39, 0.29) is 22.1 Å². The fraction of sp³-hybridized carbons (Fsp3) is 0.600. The van der Waals surface area contributed by atoms with Crippen molar-refractivity contribution in [2.24, 2.45) is 27.3 Å². The second-order valence-electron chi connectivity index (χ2n) is 9.32. The van der Waals surface area contributed by atoms with Gasteiger partial charge in [0.25, 0.3) is 0 Å². The number of nitrogens with one attached hydrogen (secondary N) is 1. The number of hydrogen-bond donors (Lipinski definition) is 2. The number of rotatable bonds is 3. The lowest BCUT2D eigenvalue weighted by Crippen LogP contribution is -2.59. The van der Waals surface area contributed by atoms with Crippen molar-refractivity contribution >= 4 is 23.7 Å². The summed E-state index contributed by atoms with van der Waals surface area (Å²) >= 11 is 5.90. The van der Waals surface area contributed by atoms with Crippen molar-refractivity contribution < 1.29 is 9.90 Å². The van der Waals surface area contributed by atoms with Crippen LogP contribution in [0.25, 0.3) is 0 Å². The molecule has 0 spiro atoms. The second-order valence-corrected chi connectivity index (χ2v) is 9.73. The van der Waals surface area contributed by atoms with Gasteiger partial charge in [-0.05, 0) is 79.0 Å². The largest absolute Gasteiger partial charge is 0.506 e. The molecule has 134 valence electrons. The molecular formula is C20H25ClN2O2. The Bertz CT molecular complexity index is 742. The van der Waals surface area contributed by atoms with E-state index in [0.29, 0.717) is 16.7 Å². The first-order valence-electron chi connectivity index (χ1n) is 9.03. The second kappa shape index (κ2) is 5.47. The van der Waals surface area contributed by atoms with Crippen LogP contribution in [0.1, 0.15) is 57.9 Å². The Morgan fingerprint density at radius 2 is 1.92 bits per heavy atom. The van der Waals surface area contributed by atoms with Gasteiger partial charge < -0.3 is 5.11 Å². The molecule has 2 atom stereocenters. The van der Waals surface area contributed by atoms with Gasteiger partial charge in [0.1, 0.15) is 5.75 Å². The van der Waals surface area contributed by atoms with Gasteiger partial charge in [-0.25, -0.2) is 5.43 Å². The molecule has 4 nitrogen and oxygen atoms in total. The number of benzene rings is 1. The van der Waals surface area contributed by atoms with Crippen molar-refractivity contribution in [2.45, 2.75) is 52.4 Å². The lowest BCUT2D eigenvalue weighted by molar-refractivity contribution is -0.170. The smallest absolute Gasteiger partial charge is 0.246 e. The molecule has 4 fully saturated rings. The summed E-state index contributed by atoms with van der Waals surface area (Å²) in [5.41, 5.74) is 3.88. The van der Waals surface area contributed by atoms with E-state index in [4.69, 9.17) is 11.6 Å². The van der Waals surface area contributed by atoms with Crippen molar-refractivity contribution in [3.05, 3.63) is 28.8 Å². The van der Waals surface area contributed by atoms with Crippen LogP contribution < -0.4 is 5.43 Å². The molecule has 4 saturated carbocycles. The van der Waals surface area contributed by atoms with Gasteiger partial charge in [-0.15, -0.1) is 0 Å². The highest BCUT2D eigenvalue weighted by atomic mass is 35.5. The fourth-order valence-corrected chi connectivity index (χ4v) is 6.78. The normalized spacial score (nSPS) is 39.1. The van der Waals surface area contributed by atoms with E-state index < -0.39 is 0 Å². The van der Waals surface area contributed by atoms with E-state index in [1.165, 1.54) is 25.3 Å². The Kier molecular flexibility index (Phi) is 3.70. The number of carbonyl (C=O) groups excluding carboxylic acids is 1. The number of phenolic OH excluding ortho intramolecular Hbond substituents is 1. The zero-order chi connectivity index (χ0) is 17.9. The van der Waals surface area contributed by atoms with Crippen LogP contribution in [-0.2, 0) is 4.79 Å². The number of nitrogens with zero attached hydrogens (tertiary/aromatic N) is 1. The Labute approximate surface area is 153 Å². The van der Waals surface area contributed by atoms with Crippen LogP contribution >= 0.6 is 11.6 Å². The van der Waals surface area contributed by atoms with E-state index in [2.05, 4.69) is 24.4 Å². The first-order valence-corrected chi connectivity index (χ1v) is 9.41. The van der Waals surface area contributed by atoms with Gasteiger partial charge in [-0.3, -0.25) is 4.79 Å². The maximum atomic E-state index is 13.0. The van der Waals surface area contributed by atoms with E-state index in [0.717, 1.165) is 24.8 Å². The van der Waals surface area contributed by atoms with Gasteiger partial charge in [-0.1, -0.05) is 25.4 Å². The maximum Gasteiger partial charge on any atom is 0.246 e. The minimum atomic E-state index is -0.257. The van der Waals surface area contributed by atoms with Gasteiger partial charge in [-0.2, -0.15) is 5.10 Å². The molecule has 4 aliphatic rings. The van der Waals surface area contributed by atoms with Gasteiger partial charge in [0.05, 0.1) is 16.7 Å². The summed E-state index contributed by atoms with van der Waals surface area (Å²) in [6.07, 6.45) is 8.34. The van der Waals surface area contributed by atoms with Crippen LogP contribution in [0.2, 0.25) is 5.02 Å². The molecule has 1 aromatic rings. The number of halogens is 1. The van der Waals surface area contributed by atoms with Crippen LogP contribution in [0.3, 0.4) is 0 Å². The van der Waals surface area contributed by atoms with Crippen LogP contribution in [-0.4, -0.2) is 17.2 Å². The third-order valence-electron chi connectivity index (χ3n) is 6.46. The van der Waals surface area contributed by atoms with Gasteiger partial charge in [0.15, 0.2) is 0 Å². The zero-order valence-electron chi connectivity index (χ0n) is 14.8. The number of hydrogen-bond acceptors (Lipinski definition) is 3. The SMILES string of the molecule is CC12CC3CC(C)(C1)CC(C(=O)N/N=C/c1ccc(O)c(Cl)c1)(C3)C2. The maximum absolute atomic E-state index is 13.0. The molecule has 4 bridgehead atoms. The van der Waals surface area contributed by atoms with Crippen LogP contribution in [0.15, 0.2) is 23.3 Å². The topological polar surface area (TPSA) is 61.7 Å². The number of carbonyl (C=O) groups is 1. The molecule has 2 unspecified atom stereocenters. The Morgan fingerprint density at radius 3 is 2.52 bits per heavy atom. The number of phenols is 1. The summed E-state index contributed by atoms with van der Waals surface area (Å²) in [6.45, 7) is 4.72. The quantitative estimate of drug-likeness (QED) is 0.616. The summed E-state index contributed by atoms with van der Waals surface area (Å²) in [4.78, 5) is 13.0. The minimum absolute atomic E-state index is 0.0397. The van der Waals surface area contributed by atoms with E-state index in [1.807, 2.05) is 0 Å². The predicted octanol–water partition coefficient (Wildman–Crippen LogP) is 4.49. The lowest BCUT2D eigenvalue weighted by atomic mass is 9.40. The average Bonchev–Trinajstić information content (AvgIpc) is 2.47. The van der Waals surface area contributed by atoms with E-state index in [9.17, 15) is 9.90 Å². The molecule has 2 N–H and O–H groups in total. The van der Waals surface area contributed by atoms with E-state index in [1.54, 1.807) is 18.3 Å². The van der Waals surface area contributed by atoms with Gasteiger partial charge >= 0.3 is 0 Å². The summed E-state index contributed by atoms with van der Waals surface area (Å²) in [5, 5.41) is 13.9. The monoisotopic (exact) mass is 360 g/mol. The summed E-state index contributed by atoms with van der Waals surface area (Å²) in [5.74, 6) is 0.782. The van der Waals surface area contributed by atoms with Crippen molar-refractivity contribution in [3.8, 4) is 5.75 Å².